The van der Waals surface area contributed by atoms with E-state index in [2.05, 4.69) is 51.1 Å². The molecule has 0 aliphatic heterocycles. The van der Waals surface area contributed by atoms with Crippen LogP contribution in [0.1, 0.15) is 30.9 Å². The lowest BCUT2D eigenvalue weighted by Gasteiger charge is -2.11. The monoisotopic (exact) mass is 250 g/mol. The van der Waals surface area contributed by atoms with E-state index >= 15 is 0 Å². The molecule has 19 heavy (non-hydrogen) atoms. The van der Waals surface area contributed by atoms with Crippen LogP contribution in [0, 0.1) is 6.92 Å². The van der Waals surface area contributed by atoms with Crippen molar-refractivity contribution in [2.24, 2.45) is 0 Å². The lowest BCUT2D eigenvalue weighted by atomic mass is 9.94. The van der Waals surface area contributed by atoms with Gasteiger partial charge in [0.15, 0.2) is 0 Å². The van der Waals surface area contributed by atoms with Crippen molar-refractivity contribution in [2.75, 3.05) is 0 Å². The molecule has 2 aromatic carbocycles. The molecule has 1 aromatic heterocycles. The van der Waals surface area contributed by atoms with Crippen molar-refractivity contribution in [3.63, 3.8) is 0 Å². The lowest BCUT2D eigenvalue weighted by Crippen LogP contribution is -1.92. The van der Waals surface area contributed by atoms with Crippen LogP contribution in [-0.4, -0.2) is 0 Å². The Morgan fingerprint density at radius 2 is 1.74 bits per heavy atom. The van der Waals surface area contributed by atoms with Gasteiger partial charge in [-0.3, -0.25) is 0 Å². The van der Waals surface area contributed by atoms with Crippen LogP contribution in [0.15, 0.2) is 52.9 Å². The Morgan fingerprint density at radius 1 is 0.947 bits per heavy atom. The normalized spacial score (nSPS) is 11.4. The van der Waals surface area contributed by atoms with Gasteiger partial charge in [-0.15, -0.1) is 0 Å². The fourth-order valence-electron chi connectivity index (χ4n) is 2.50. The molecule has 0 radical (unpaired) electrons. The third kappa shape index (κ3) is 2.17. The van der Waals surface area contributed by atoms with Gasteiger partial charge in [0.2, 0.25) is 0 Å². The predicted octanol–water partition coefficient (Wildman–Crippen LogP) is 5.53. The number of para-hydroxylation sites is 1. The average molecular weight is 250 g/mol. The maximum absolute atomic E-state index is 5.98. The lowest BCUT2D eigenvalue weighted by molar-refractivity contribution is 0.629. The zero-order valence-electron chi connectivity index (χ0n) is 11.6. The summed E-state index contributed by atoms with van der Waals surface area (Å²) in [6, 6.07) is 16.9. The third-order valence-electron chi connectivity index (χ3n) is 3.52. The zero-order valence-corrected chi connectivity index (χ0v) is 11.6. The van der Waals surface area contributed by atoms with Gasteiger partial charge in [0.1, 0.15) is 11.3 Å². The first kappa shape index (κ1) is 12.0. The minimum absolute atomic E-state index is 0.489. The van der Waals surface area contributed by atoms with Crippen molar-refractivity contribution in [3.8, 4) is 11.3 Å². The van der Waals surface area contributed by atoms with Crippen LogP contribution in [0.3, 0.4) is 0 Å². The summed E-state index contributed by atoms with van der Waals surface area (Å²) in [5.41, 5.74) is 4.80. The maximum atomic E-state index is 5.98. The molecule has 0 saturated heterocycles. The molecule has 0 aliphatic rings. The Kier molecular flexibility index (Phi) is 2.90. The summed E-state index contributed by atoms with van der Waals surface area (Å²) < 4.78 is 5.98. The first-order chi connectivity index (χ1) is 9.15. The fourth-order valence-corrected chi connectivity index (χ4v) is 2.50. The van der Waals surface area contributed by atoms with Gasteiger partial charge in [0.25, 0.3) is 0 Å². The van der Waals surface area contributed by atoms with E-state index in [-0.39, 0.29) is 0 Å². The van der Waals surface area contributed by atoms with E-state index in [0.29, 0.717) is 5.92 Å². The van der Waals surface area contributed by atoms with Gasteiger partial charge < -0.3 is 4.42 Å². The molecule has 0 spiro atoms. The Bertz CT molecular complexity index is 686. The van der Waals surface area contributed by atoms with Gasteiger partial charge in [-0.25, -0.2) is 0 Å². The van der Waals surface area contributed by atoms with Gasteiger partial charge >= 0.3 is 0 Å². The molecule has 96 valence electrons. The smallest absolute Gasteiger partial charge is 0.135 e. The maximum Gasteiger partial charge on any atom is 0.135 e. The summed E-state index contributed by atoms with van der Waals surface area (Å²) in [5, 5.41) is 1.16. The van der Waals surface area contributed by atoms with Gasteiger partial charge in [0, 0.05) is 10.9 Å². The highest BCUT2D eigenvalue weighted by Crippen LogP contribution is 2.33. The summed E-state index contributed by atoms with van der Waals surface area (Å²) in [6.45, 7) is 6.58. The van der Waals surface area contributed by atoms with E-state index in [1.807, 2.05) is 18.2 Å². The number of hydrogen-bond acceptors (Lipinski definition) is 1. The summed E-state index contributed by atoms with van der Waals surface area (Å²) in [5.74, 6) is 1.45. The van der Waals surface area contributed by atoms with Crippen molar-refractivity contribution in [2.45, 2.75) is 26.7 Å². The molecule has 0 bridgehead atoms. The molecule has 0 N–H and O–H groups in total. The summed E-state index contributed by atoms with van der Waals surface area (Å²) in [4.78, 5) is 0. The number of aryl methyl sites for hydroxylation is 1. The molecule has 3 aromatic rings. The SMILES string of the molecule is Cc1ccc(-c2cc3ccccc3o2)c(C(C)C)c1. The fraction of sp³-hybridized carbons (Fsp3) is 0.222. The number of furan rings is 1. The molecular weight excluding hydrogens is 232 g/mol. The molecule has 1 nitrogen and oxygen atoms in total. The largest absolute Gasteiger partial charge is 0.456 e. The Morgan fingerprint density at radius 3 is 2.47 bits per heavy atom. The molecule has 1 heterocycles. The van der Waals surface area contributed by atoms with Crippen LogP contribution >= 0.6 is 0 Å². The molecule has 0 fully saturated rings. The number of benzene rings is 2. The highest BCUT2D eigenvalue weighted by molar-refractivity contribution is 5.83. The standard InChI is InChI=1S/C18H18O/c1-12(2)16-10-13(3)8-9-15(16)18-11-14-6-4-5-7-17(14)19-18/h4-12H,1-3H3. The van der Waals surface area contributed by atoms with E-state index in [4.69, 9.17) is 4.42 Å². The minimum atomic E-state index is 0.489. The summed E-state index contributed by atoms with van der Waals surface area (Å²) in [6.07, 6.45) is 0. The van der Waals surface area contributed by atoms with Crippen LogP contribution in [-0.2, 0) is 0 Å². The van der Waals surface area contributed by atoms with Crippen LogP contribution in [0.25, 0.3) is 22.3 Å². The van der Waals surface area contributed by atoms with Crippen LogP contribution in [0.5, 0.6) is 0 Å². The number of fused-ring (bicyclic) bond motifs is 1. The molecule has 1 heteroatoms. The number of rotatable bonds is 2. The summed E-state index contributed by atoms with van der Waals surface area (Å²) in [7, 11) is 0. The Labute approximate surface area is 113 Å². The first-order valence-corrected chi connectivity index (χ1v) is 6.74. The Balaban J connectivity index is 2.20. The van der Waals surface area contributed by atoms with Crippen LogP contribution in [0.4, 0.5) is 0 Å². The van der Waals surface area contributed by atoms with Gasteiger partial charge in [-0.1, -0.05) is 55.8 Å². The molecule has 3 rings (SSSR count). The van der Waals surface area contributed by atoms with Crippen molar-refractivity contribution < 1.29 is 4.42 Å². The van der Waals surface area contributed by atoms with E-state index in [0.717, 1.165) is 16.7 Å². The van der Waals surface area contributed by atoms with Crippen molar-refractivity contribution >= 4 is 11.0 Å². The molecular formula is C18H18O. The second-order valence-electron chi connectivity index (χ2n) is 5.39. The second kappa shape index (κ2) is 4.58. The molecule has 0 saturated carbocycles. The third-order valence-corrected chi connectivity index (χ3v) is 3.52. The first-order valence-electron chi connectivity index (χ1n) is 6.74. The van der Waals surface area contributed by atoms with Crippen molar-refractivity contribution in [1.82, 2.24) is 0 Å². The zero-order chi connectivity index (χ0) is 13.4. The van der Waals surface area contributed by atoms with E-state index in [1.165, 1.54) is 16.7 Å². The molecule has 0 atom stereocenters. The average Bonchev–Trinajstić information content (AvgIpc) is 2.82. The molecule has 0 aliphatic carbocycles. The van der Waals surface area contributed by atoms with Crippen molar-refractivity contribution in [1.29, 1.82) is 0 Å². The summed E-state index contributed by atoms with van der Waals surface area (Å²) >= 11 is 0. The van der Waals surface area contributed by atoms with Crippen LogP contribution < -0.4 is 0 Å². The quantitative estimate of drug-likeness (QED) is 0.582. The van der Waals surface area contributed by atoms with Crippen molar-refractivity contribution in [3.05, 3.63) is 59.7 Å². The van der Waals surface area contributed by atoms with Gasteiger partial charge in [0.05, 0.1) is 0 Å². The van der Waals surface area contributed by atoms with Crippen LogP contribution in [0.2, 0.25) is 0 Å². The van der Waals surface area contributed by atoms with Gasteiger partial charge in [-0.05, 0) is 30.5 Å². The molecule has 0 unspecified atom stereocenters. The topological polar surface area (TPSA) is 13.1 Å². The highest BCUT2D eigenvalue weighted by atomic mass is 16.3. The minimum Gasteiger partial charge on any atom is -0.456 e. The second-order valence-corrected chi connectivity index (χ2v) is 5.39. The highest BCUT2D eigenvalue weighted by Gasteiger charge is 2.12. The number of hydrogen-bond donors (Lipinski definition) is 0. The van der Waals surface area contributed by atoms with Gasteiger partial charge in [-0.2, -0.15) is 0 Å². The van der Waals surface area contributed by atoms with E-state index in [9.17, 15) is 0 Å². The van der Waals surface area contributed by atoms with E-state index < -0.39 is 0 Å². The molecule has 0 amide bonds. The van der Waals surface area contributed by atoms with E-state index in [1.54, 1.807) is 0 Å². The predicted molar refractivity (Wildman–Crippen MR) is 80.5 cm³/mol. The Hall–Kier alpha value is -2.02.